The second-order valence-corrected chi connectivity index (χ2v) is 13.8. The van der Waals surface area contributed by atoms with Crippen LogP contribution in [0.3, 0.4) is 0 Å². The highest BCUT2D eigenvalue weighted by Gasteiger charge is 2.73. The number of hydrogen-bond donors (Lipinski definition) is 0. The molecule has 0 aliphatic carbocycles. The molecular weight excluding hydrogens is 690 g/mol. The molecule has 0 aromatic heterocycles. The third-order valence-electron chi connectivity index (χ3n) is 10.5. The van der Waals surface area contributed by atoms with Gasteiger partial charge in [0.05, 0.1) is 34.6 Å². The summed E-state index contributed by atoms with van der Waals surface area (Å²) in [5.41, 5.74) is -2.35. The molecule has 0 radical (unpaired) electrons. The minimum Gasteiger partial charge on any atom is -0.349 e. The lowest BCUT2D eigenvalue weighted by molar-refractivity contribution is -0.288. The van der Waals surface area contributed by atoms with Crippen LogP contribution in [-0.2, 0) is 18.5 Å². The molecule has 0 saturated heterocycles. The Balaban J connectivity index is 1.21. The monoisotopic (exact) mass is 718 g/mol. The van der Waals surface area contributed by atoms with Gasteiger partial charge in [-0.3, -0.25) is 24.1 Å². The Morgan fingerprint density at radius 3 is 1.58 bits per heavy atom. The molecule has 0 saturated carbocycles. The van der Waals surface area contributed by atoms with Crippen molar-refractivity contribution in [2.75, 3.05) is 28.4 Å². The van der Waals surface area contributed by atoms with Crippen LogP contribution in [0.1, 0.15) is 80.4 Å². The van der Waals surface area contributed by atoms with Crippen LogP contribution in [0, 0.1) is 20.8 Å². The third kappa shape index (κ3) is 4.35. The Morgan fingerprint density at radius 2 is 1.02 bits per heavy atom. The van der Waals surface area contributed by atoms with Gasteiger partial charge in [-0.2, -0.15) is 26.3 Å². The summed E-state index contributed by atoms with van der Waals surface area (Å²) < 4.78 is 90.6. The number of halogens is 6. The average molecular weight is 719 g/mol. The van der Waals surface area contributed by atoms with Gasteiger partial charge in [0.15, 0.2) is 0 Å². The van der Waals surface area contributed by atoms with Gasteiger partial charge in [-0.05, 0) is 90.6 Å². The molecule has 52 heavy (non-hydrogen) atoms. The number of rotatable bonds is 3. The predicted molar refractivity (Wildman–Crippen MR) is 178 cm³/mol. The summed E-state index contributed by atoms with van der Waals surface area (Å²) in [4.78, 5) is 58.4. The summed E-state index contributed by atoms with van der Waals surface area (Å²) in [6.07, 6.45) is -12.1. The topological polar surface area (TPSA) is 81.2 Å². The van der Waals surface area contributed by atoms with E-state index in [0.717, 1.165) is 63.3 Å². The molecule has 0 fully saturated rings. The first-order chi connectivity index (χ1) is 24.3. The molecule has 4 amide bonds. The number of carbonyl (C=O) groups excluding carboxylic acids is 4. The first-order valence-corrected chi connectivity index (χ1v) is 16.2. The van der Waals surface area contributed by atoms with Gasteiger partial charge in [0.1, 0.15) is 0 Å². The summed E-state index contributed by atoms with van der Waals surface area (Å²) in [6.45, 7) is 7.56. The largest absolute Gasteiger partial charge is 0.411 e. The van der Waals surface area contributed by atoms with Crippen LogP contribution in [0.5, 0.6) is 0 Å². The molecular formula is C38H28F6N4O4. The van der Waals surface area contributed by atoms with Crippen molar-refractivity contribution in [3.8, 4) is 0 Å². The number of fused-ring (bicyclic) bond motifs is 8. The van der Waals surface area contributed by atoms with Crippen LogP contribution < -0.4 is 14.7 Å². The second-order valence-electron chi connectivity index (χ2n) is 13.8. The van der Waals surface area contributed by atoms with E-state index < -0.39 is 63.7 Å². The molecule has 14 heteroatoms. The quantitative estimate of drug-likeness (QED) is 0.163. The number of benzene rings is 4. The molecule has 8 nitrogen and oxygen atoms in total. The number of carbonyl (C=O) groups is 4. The van der Waals surface area contributed by atoms with Gasteiger partial charge in [-0.1, -0.05) is 29.8 Å². The predicted octanol–water partition coefficient (Wildman–Crippen LogP) is 7.35. The van der Waals surface area contributed by atoms with Crippen LogP contribution in [0.25, 0.3) is 0 Å². The first-order valence-electron chi connectivity index (χ1n) is 16.2. The molecule has 4 aromatic rings. The standard InChI is InChI=1S/C38H28F6N4O4/c1-18-9-19(2)30-21(10-18)15-46-17-47(30)16-22-12-25(11-20(3)31(22)46)48-34(51)27-8-6-24(14-29(27)35(48)52)36(37(39,40)41,38(42,43)44)23-5-7-26-28(13-23)33(50)45(4)32(26)49/h5-14H,15-17H2,1-4H3. The number of anilines is 3. The highest BCUT2D eigenvalue weighted by Crippen LogP contribution is 2.57. The Morgan fingerprint density at radius 1 is 0.558 bits per heavy atom. The van der Waals surface area contributed by atoms with Crippen LogP contribution >= 0.6 is 0 Å². The molecule has 0 spiro atoms. The number of nitrogens with zero attached hydrogens (tertiary/aromatic N) is 4. The lowest BCUT2D eigenvalue weighted by Crippen LogP contribution is -2.55. The molecule has 2 bridgehead atoms. The Bertz CT molecular complexity index is 2320. The summed E-state index contributed by atoms with van der Waals surface area (Å²) in [6, 6.07) is 11.0. The highest BCUT2D eigenvalue weighted by atomic mass is 19.4. The molecule has 8 rings (SSSR count). The maximum atomic E-state index is 15.1. The van der Waals surface area contributed by atoms with Crippen LogP contribution in [-0.4, -0.2) is 54.6 Å². The number of alkyl halides is 6. The summed E-state index contributed by atoms with van der Waals surface area (Å²) in [5.74, 6) is -3.90. The number of hydrogen-bond acceptors (Lipinski definition) is 6. The zero-order valence-corrected chi connectivity index (χ0v) is 28.1. The van der Waals surface area contributed by atoms with Crippen molar-refractivity contribution in [1.29, 1.82) is 0 Å². The van der Waals surface area contributed by atoms with Gasteiger partial charge in [0.2, 0.25) is 5.41 Å². The number of amides is 4. The maximum Gasteiger partial charge on any atom is 0.411 e. The van der Waals surface area contributed by atoms with E-state index in [2.05, 4.69) is 21.9 Å². The van der Waals surface area contributed by atoms with Gasteiger partial charge in [-0.25, -0.2) is 4.90 Å². The van der Waals surface area contributed by atoms with Crippen molar-refractivity contribution in [2.45, 2.75) is 51.6 Å². The van der Waals surface area contributed by atoms with Crippen LogP contribution in [0.4, 0.5) is 43.4 Å². The molecule has 266 valence electrons. The zero-order chi connectivity index (χ0) is 37.4. The van der Waals surface area contributed by atoms with E-state index >= 15 is 26.3 Å². The third-order valence-corrected chi connectivity index (χ3v) is 10.5. The summed E-state index contributed by atoms with van der Waals surface area (Å²) in [7, 11) is 1.06. The lowest BCUT2D eigenvalue weighted by Gasteiger charge is -2.46. The van der Waals surface area contributed by atoms with E-state index in [4.69, 9.17) is 0 Å². The van der Waals surface area contributed by atoms with E-state index in [-0.39, 0.29) is 16.8 Å². The lowest BCUT2D eigenvalue weighted by atomic mass is 9.71. The van der Waals surface area contributed by atoms with Crippen molar-refractivity contribution < 1.29 is 45.5 Å². The smallest absolute Gasteiger partial charge is 0.349 e. The highest BCUT2D eigenvalue weighted by molar-refractivity contribution is 6.34. The fourth-order valence-electron chi connectivity index (χ4n) is 8.46. The van der Waals surface area contributed by atoms with Crippen molar-refractivity contribution in [3.05, 3.63) is 122 Å². The van der Waals surface area contributed by atoms with Gasteiger partial charge in [-0.15, -0.1) is 0 Å². The first kappa shape index (κ1) is 33.5. The number of imide groups is 2. The van der Waals surface area contributed by atoms with Crippen molar-refractivity contribution >= 4 is 40.7 Å². The molecule has 0 unspecified atom stereocenters. The van der Waals surface area contributed by atoms with Crippen LogP contribution in [0.15, 0.2) is 60.7 Å². The van der Waals surface area contributed by atoms with E-state index in [1.54, 1.807) is 12.1 Å². The Kier molecular flexibility index (Phi) is 6.88. The van der Waals surface area contributed by atoms with Crippen molar-refractivity contribution in [2.24, 2.45) is 0 Å². The molecule has 4 aliphatic rings. The van der Waals surface area contributed by atoms with Crippen LogP contribution in [0.2, 0.25) is 0 Å². The fraction of sp³-hybridized carbons (Fsp3) is 0.263. The van der Waals surface area contributed by atoms with E-state index in [1.165, 1.54) is 0 Å². The summed E-state index contributed by atoms with van der Waals surface area (Å²) >= 11 is 0. The molecule has 0 N–H and O–H groups in total. The molecule has 4 aromatic carbocycles. The van der Waals surface area contributed by atoms with E-state index in [0.29, 0.717) is 48.9 Å². The van der Waals surface area contributed by atoms with Gasteiger partial charge in [0.25, 0.3) is 23.6 Å². The SMILES string of the molecule is Cc1cc(C)c2c(c1)CN1CN2Cc2cc(N3C(=O)c4ccc(C(c5ccc6c(c5)C(=O)N(C)C6=O)(C(F)(F)F)C(F)(F)F)cc4C3=O)cc(C)c21. The van der Waals surface area contributed by atoms with Gasteiger partial charge in [0, 0.05) is 31.5 Å². The van der Waals surface area contributed by atoms with Gasteiger partial charge >= 0.3 is 12.4 Å². The number of aryl methyl sites for hydroxylation is 3. The molecule has 4 aliphatic heterocycles. The van der Waals surface area contributed by atoms with E-state index in [9.17, 15) is 19.2 Å². The fourth-order valence-corrected chi connectivity index (χ4v) is 8.46. The normalized spacial score (nSPS) is 16.8. The van der Waals surface area contributed by atoms with Crippen molar-refractivity contribution in [1.82, 2.24) is 4.90 Å². The minimum atomic E-state index is -6.05. The maximum absolute atomic E-state index is 15.1. The Hall–Kier alpha value is -5.66. The zero-order valence-electron chi connectivity index (χ0n) is 28.1. The minimum absolute atomic E-state index is 0.135. The van der Waals surface area contributed by atoms with E-state index in [1.807, 2.05) is 20.8 Å². The molecule has 4 heterocycles. The average Bonchev–Trinajstić information content (AvgIpc) is 3.42. The summed E-state index contributed by atoms with van der Waals surface area (Å²) in [5, 5.41) is 0. The van der Waals surface area contributed by atoms with Gasteiger partial charge < -0.3 is 9.80 Å². The Labute approximate surface area is 292 Å². The second kappa shape index (κ2) is 10.7. The van der Waals surface area contributed by atoms with Crippen molar-refractivity contribution in [3.63, 3.8) is 0 Å². The molecule has 0 atom stereocenters.